The van der Waals surface area contributed by atoms with Gasteiger partial charge in [-0.3, -0.25) is 0 Å². The van der Waals surface area contributed by atoms with Crippen molar-refractivity contribution in [2.24, 2.45) is 5.92 Å². The highest BCUT2D eigenvalue weighted by Gasteiger charge is 2.22. The van der Waals surface area contributed by atoms with E-state index in [0.717, 1.165) is 5.92 Å². The van der Waals surface area contributed by atoms with Crippen molar-refractivity contribution in [2.45, 2.75) is 26.2 Å². The molecule has 0 amide bonds. The van der Waals surface area contributed by atoms with Crippen LogP contribution in [0.5, 0.6) is 0 Å². The van der Waals surface area contributed by atoms with Gasteiger partial charge in [0.1, 0.15) is 10.8 Å². The minimum atomic E-state index is 0.656. The van der Waals surface area contributed by atoms with E-state index in [0.29, 0.717) is 5.82 Å². The SMILES string of the molecule is CCCC1CCN(c2cc(N)ns2)C1. The van der Waals surface area contributed by atoms with Crippen LogP contribution < -0.4 is 10.6 Å². The number of nitrogens with two attached hydrogens (primary N) is 1. The molecule has 1 fully saturated rings. The van der Waals surface area contributed by atoms with Gasteiger partial charge in [-0.1, -0.05) is 13.3 Å². The van der Waals surface area contributed by atoms with Crippen LogP contribution in [0.1, 0.15) is 26.2 Å². The maximum absolute atomic E-state index is 5.61. The number of hydrogen-bond donors (Lipinski definition) is 1. The van der Waals surface area contributed by atoms with Gasteiger partial charge in [0.2, 0.25) is 0 Å². The Hall–Kier alpha value is -0.770. The maximum Gasteiger partial charge on any atom is 0.139 e. The molecule has 1 aliphatic heterocycles. The van der Waals surface area contributed by atoms with Crippen LogP contribution in [0.4, 0.5) is 10.8 Å². The Morgan fingerprint density at radius 2 is 2.57 bits per heavy atom. The molecule has 0 radical (unpaired) electrons. The third-order valence-corrected chi connectivity index (χ3v) is 3.68. The molecule has 78 valence electrons. The quantitative estimate of drug-likeness (QED) is 0.834. The molecule has 3 nitrogen and oxygen atoms in total. The van der Waals surface area contributed by atoms with Gasteiger partial charge in [-0.2, -0.15) is 4.37 Å². The Kier molecular flexibility index (Phi) is 2.91. The number of nitrogens with zero attached hydrogens (tertiary/aromatic N) is 2. The van der Waals surface area contributed by atoms with E-state index in [1.807, 2.05) is 6.07 Å². The second-order valence-corrected chi connectivity index (χ2v) is 4.76. The van der Waals surface area contributed by atoms with E-state index in [-0.39, 0.29) is 0 Å². The number of nitrogen functional groups attached to an aromatic ring is 1. The van der Waals surface area contributed by atoms with Gasteiger partial charge in [-0.25, -0.2) is 0 Å². The lowest BCUT2D eigenvalue weighted by atomic mass is 10.0. The van der Waals surface area contributed by atoms with Crippen molar-refractivity contribution in [1.82, 2.24) is 4.37 Å². The molecular weight excluding hydrogens is 194 g/mol. The van der Waals surface area contributed by atoms with E-state index in [4.69, 9.17) is 5.73 Å². The van der Waals surface area contributed by atoms with Gasteiger partial charge >= 0.3 is 0 Å². The number of aromatic nitrogens is 1. The van der Waals surface area contributed by atoms with Gasteiger partial charge in [0.25, 0.3) is 0 Å². The Morgan fingerprint density at radius 1 is 1.71 bits per heavy atom. The summed E-state index contributed by atoms with van der Waals surface area (Å²) in [6.07, 6.45) is 3.97. The molecule has 0 bridgehead atoms. The molecule has 2 rings (SSSR count). The molecule has 1 aliphatic rings. The maximum atomic E-state index is 5.61. The Bertz CT molecular complexity index is 297. The van der Waals surface area contributed by atoms with Gasteiger partial charge in [0.15, 0.2) is 0 Å². The first kappa shape index (κ1) is 9.77. The Morgan fingerprint density at radius 3 is 3.21 bits per heavy atom. The standard InChI is InChI=1S/C10H17N3S/c1-2-3-8-4-5-13(7-8)10-6-9(11)12-14-10/h6,8H,2-5,7H2,1H3,(H2,11,12). The highest BCUT2D eigenvalue weighted by Crippen LogP contribution is 2.30. The fraction of sp³-hybridized carbons (Fsp3) is 0.700. The average Bonchev–Trinajstić information content (AvgIpc) is 2.74. The van der Waals surface area contributed by atoms with Gasteiger partial charge in [-0.05, 0) is 30.3 Å². The molecule has 0 aliphatic carbocycles. The molecule has 1 atom stereocenters. The zero-order valence-corrected chi connectivity index (χ0v) is 9.39. The summed E-state index contributed by atoms with van der Waals surface area (Å²) in [5.74, 6) is 1.53. The van der Waals surface area contributed by atoms with Crippen molar-refractivity contribution >= 4 is 22.4 Å². The number of hydrogen-bond acceptors (Lipinski definition) is 4. The summed E-state index contributed by atoms with van der Waals surface area (Å²) in [5, 5.41) is 1.24. The molecule has 0 saturated carbocycles. The number of anilines is 2. The second kappa shape index (κ2) is 4.17. The molecule has 2 N–H and O–H groups in total. The summed E-state index contributed by atoms with van der Waals surface area (Å²) in [4.78, 5) is 2.41. The lowest BCUT2D eigenvalue weighted by Crippen LogP contribution is -2.18. The Labute approximate surface area is 89.1 Å². The first-order chi connectivity index (χ1) is 6.79. The highest BCUT2D eigenvalue weighted by atomic mass is 32.1. The fourth-order valence-electron chi connectivity index (χ4n) is 2.10. The van der Waals surface area contributed by atoms with Gasteiger partial charge < -0.3 is 10.6 Å². The van der Waals surface area contributed by atoms with Crippen LogP contribution in [-0.2, 0) is 0 Å². The van der Waals surface area contributed by atoms with Crippen LogP contribution in [-0.4, -0.2) is 17.5 Å². The molecule has 1 aromatic rings. The normalized spacial score (nSPS) is 21.8. The van der Waals surface area contributed by atoms with Crippen molar-refractivity contribution < 1.29 is 0 Å². The second-order valence-electron chi connectivity index (χ2n) is 3.98. The van der Waals surface area contributed by atoms with Crippen LogP contribution in [0.3, 0.4) is 0 Å². The largest absolute Gasteiger partial charge is 0.383 e. The third-order valence-electron chi connectivity index (χ3n) is 2.81. The predicted molar refractivity (Wildman–Crippen MR) is 61.8 cm³/mol. The van der Waals surface area contributed by atoms with E-state index in [1.165, 1.54) is 48.9 Å². The summed E-state index contributed by atoms with van der Waals surface area (Å²) in [7, 11) is 0. The van der Waals surface area contributed by atoms with E-state index in [2.05, 4.69) is 16.2 Å². The van der Waals surface area contributed by atoms with E-state index >= 15 is 0 Å². The Balaban J connectivity index is 1.95. The van der Waals surface area contributed by atoms with Gasteiger partial charge in [0, 0.05) is 19.2 Å². The highest BCUT2D eigenvalue weighted by molar-refractivity contribution is 7.10. The van der Waals surface area contributed by atoms with E-state index in [9.17, 15) is 0 Å². The van der Waals surface area contributed by atoms with Crippen LogP contribution in [0.15, 0.2) is 6.07 Å². The van der Waals surface area contributed by atoms with Crippen molar-refractivity contribution in [3.8, 4) is 0 Å². The average molecular weight is 211 g/mol. The minimum Gasteiger partial charge on any atom is -0.383 e. The third kappa shape index (κ3) is 2.00. The molecule has 4 heteroatoms. The lowest BCUT2D eigenvalue weighted by Gasteiger charge is -2.14. The van der Waals surface area contributed by atoms with Crippen LogP contribution in [0, 0.1) is 5.92 Å². The summed E-state index contributed by atoms with van der Waals surface area (Å²) in [6.45, 7) is 4.62. The molecule has 2 heterocycles. The molecule has 1 saturated heterocycles. The van der Waals surface area contributed by atoms with Crippen LogP contribution >= 0.6 is 11.5 Å². The van der Waals surface area contributed by atoms with Crippen LogP contribution in [0.2, 0.25) is 0 Å². The first-order valence-corrected chi connectivity index (χ1v) is 6.04. The molecule has 0 spiro atoms. The predicted octanol–water partition coefficient (Wildman–Crippen LogP) is 2.35. The first-order valence-electron chi connectivity index (χ1n) is 5.26. The molecular formula is C10H17N3S. The summed E-state index contributed by atoms with van der Waals surface area (Å²) in [6, 6.07) is 1.99. The molecule has 14 heavy (non-hydrogen) atoms. The smallest absolute Gasteiger partial charge is 0.139 e. The van der Waals surface area contributed by atoms with Crippen molar-refractivity contribution in [1.29, 1.82) is 0 Å². The molecule has 0 aromatic carbocycles. The zero-order valence-electron chi connectivity index (χ0n) is 8.57. The molecule has 1 unspecified atom stereocenters. The van der Waals surface area contributed by atoms with Crippen molar-refractivity contribution in [3.63, 3.8) is 0 Å². The number of rotatable bonds is 3. The van der Waals surface area contributed by atoms with E-state index in [1.54, 1.807) is 0 Å². The summed E-state index contributed by atoms with van der Waals surface area (Å²) in [5.41, 5.74) is 5.61. The van der Waals surface area contributed by atoms with Crippen molar-refractivity contribution in [2.75, 3.05) is 23.7 Å². The topological polar surface area (TPSA) is 42.1 Å². The monoisotopic (exact) mass is 211 g/mol. The van der Waals surface area contributed by atoms with Gasteiger partial charge in [-0.15, -0.1) is 0 Å². The zero-order chi connectivity index (χ0) is 9.97. The lowest BCUT2D eigenvalue weighted by molar-refractivity contribution is 0.530. The van der Waals surface area contributed by atoms with Crippen molar-refractivity contribution in [3.05, 3.63) is 6.07 Å². The van der Waals surface area contributed by atoms with E-state index < -0.39 is 0 Å². The molecule has 1 aromatic heterocycles. The summed E-state index contributed by atoms with van der Waals surface area (Å²) >= 11 is 1.52. The minimum absolute atomic E-state index is 0.656. The fourth-order valence-corrected chi connectivity index (χ4v) is 2.81. The van der Waals surface area contributed by atoms with Gasteiger partial charge in [0.05, 0.1) is 0 Å². The summed E-state index contributed by atoms with van der Waals surface area (Å²) < 4.78 is 4.11. The van der Waals surface area contributed by atoms with Crippen LogP contribution in [0.25, 0.3) is 0 Å².